The SMILES string of the molecule is C[C@H](NC(=O)[C@H](Cc1ccc(O)cc1)NC(=O)[C@@H](NC(=O)[C@@H](N)CC(N)=O)[C@@H](C)O)C(=O)N[C@@H](C)C(=O)N1CCC[C@H]1C(=O)N[C@@H](CCCN=C(N)N)C(=O)N[C@@H](Cc1ccccc1)C(=O)N[C@@H](CCCCN)C(=O)O. The van der Waals surface area contributed by atoms with Gasteiger partial charge in [0.15, 0.2) is 5.96 Å². The summed E-state index contributed by atoms with van der Waals surface area (Å²) in [4.78, 5) is 138. The van der Waals surface area contributed by atoms with Gasteiger partial charge in [0.1, 0.15) is 54.1 Å². The van der Waals surface area contributed by atoms with E-state index in [-0.39, 0.29) is 63.3 Å². The largest absolute Gasteiger partial charge is 0.508 e. The number of rotatable bonds is 31. The summed E-state index contributed by atoms with van der Waals surface area (Å²) >= 11 is 0. The molecule has 76 heavy (non-hydrogen) atoms. The predicted molar refractivity (Wildman–Crippen MR) is 275 cm³/mol. The molecule has 418 valence electrons. The topological polar surface area (TPSA) is 461 Å². The number of guanidine groups is 1. The fraction of sp³-hybridized carbons (Fsp3) is 0.531. The highest BCUT2D eigenvalue weighted by molar-refractivity contribution is 5.98. The van der Waals surface area contributed by atoms with Gasteiger partial charge in [-0.3, -0.25) is 48.1 Å². The minimum atomic E-state index is -1.67. The molecule has 0 bridgehead atoms. The van der Waals surface area contributed by atoms with Gasteiger partial charge in [0.2, 0.25) is 53.2 Å². The Hall–Kier alpha value is -7.91. The third-order valence-corrected chi connectivity index (χ3v) is 12.2. The number of carbonyl (C=O) groups excluding carboxylic acids is 9. The molecule has 10 atom stereocenters. The first-order chi connectivity index (χ1) is 35.9. The number of aliphatic imine (C=N–C) groups is 1. The fourth-order valence-corrected chi connectivity index (χ4v) is 8.04. The number of unbranched alkanes of at least 4 members (excludes halogenated alkanes) is 1. The molecule has 0 aromatic heterocycles. The number of nitrogens with zero attached hydrogens (tertiary/aromatic N) is 2. The number of carbonyl (C=O) groups is 10. The molecule has 2 aromatic carbocycles. The Labute approximate surface area is 439 Å². The number of benzene rings is 2. The number of phenols is 1. The zero-order valence-corrected chi connectivity index (χ0v) is 42.9. The van der Waals surface area contributed by atoms with Crippen molar-refractivity contribution in [3.8, 4) is 5.75 Å². The van der Waals surface area contributed by atoms with E-state index in [9.17, 15) is 63.3 Å². The summed E-state index contributed by atoms with van der Waals surface area (Å²) in [6.07, 6.45) is -0.648. The maximum Gasteiger partial charge on any atom is 0.326 e. The van der Waals surface area contributed by atoms with Gasteiger partial charge >= 0.3 is 5.97 Å². The number of aliphatic hydroxyl groups excluding tert-OH is 1. The van der Waals surface area contributed by atoms with Gasteiger partial charge in [0.05, 0.1) is 18.6 Å². The van der Waals surface area contributed by atoms with Crippen molar-refractivity contribution in [1.82, 2.24) is 42.1 Å². The molecule has 27 heteroatoms. The number of carboxylic acid groups (broad SMARTS) is 1. The molecule has 27 nitrogen and oxygen atoms in total. The van der Waals surface area contributed by atoms with E-state index in [4.69, 9.17) is 28.7 Å². The van der Waals surface area contributed by atoms with Crippen molar-refractivity contribution in [3.05, 3.63) is 65.7 Å². The fourth-order valence-electron chi connectivity index (χ4n) is 8.04. The molecular weight excluding hydrogens is 993 g/mol. The number of aliphatic hydroxyl groups is 1. The predicted octanol–water partition coefficient (Wildman–Crippen LogP) is -4.55. The minimum Gasteiger partial charge on any atom is -0.508 e. The zero-order valence-electron chi connectivity index (χ0n) is 42.9. The van der Waals surface area contributed by atoms with Crippen molar-refractivity contribution in [2.45, 2.75) is 145 Å². The van der Waals surface area contributed by atoms with Crippen LogP contribution in [0.2, 0.25) is 0 Å². The first kappa shape index (κ1) is 62.4. The van der Waals surface area contributed by atoms with Gasteiger partial charge in [-0.25, -0.2) is 4.79 Å². The molecular formula is C49H74N14O13. The lowest BCUT2D eigenvalue weighted by Crippen LogP contribution is -2.61. The Balaban J connectivity index is 1.77. The Morgan fingerprint density at radius 1 is 0.658 bits per heavy atom. The molecule has 20 N–H and O–H groups in total. The summed E-state index contributed by atoms with van der Waals surface area (Å²) in [7, 11) is 0. The van der Waals surface area contributed by atoms with Crippen LogP contribution in [0.1, 0.15) is 83.3 Å². The molecule has 1 heterocycles. The third-order valence-electron chi connectivity index (χ3n) is 12.2. The lowest BCUT2D eigenvalue weighted by molar-refractivity contribution is -0.143. The number of nitrogens with two attached hydrogens (primary N) is 5. The highest BCUT2D eigenvalue weighted by Gasteiger charge is 2.39. The molecule has 1 aliphatic rings. The van der Waals surface area contributed by atoms with Crippen molar-refractivity contribution >= 4 is 65.1 Å². The standard InChI is InChI=1S/C49H74N14O13/c1-26(56-43(70)35(24-30-16-18-31(65)19-17-30)61-46(73)39(28(3)64)62-41(68)32(51)25-38(52)66)40(67)57-27(2)47(74)63-22-10-15-37(63)45(72)58-33(14-9-21-55-49(53)54)42(69)60-36(23-29-11-5-4-6-12-29)44(71)59-34(48(75)76)13-7-8-20-50/h4-6,11-12,16-19,26-28,32-37,39,64-65H,7-10,13-15,20-25,50-51H2,1-3H3,(H2,52,66)(H,56,70)(H,57,67)(H,58,72)(H,59,71)(H,60,69)(H,61,73)(H,62,68)(H,75,76)(H4,53,54,55)/t26-,27-,28+,32-,33-,34-,35-,36-,37-,39-/m0/s1. The highest BCUT2D eigenvalue weighted by Crippen LogP contribution is 2.20. The number of nitrogens with one attached hydrogen (secondary N) is 7. The van der Waals surface area contributed by atoms with Gasteiger partial charge in [-0.1, -0.05) is 42.5 Å². The number of aliphatic carboxylic acids is 1. The molecule has 0 saturated carbocycles. The van der Waals surface area contributed by atoms with Gasteiger partial charge in [-0.05, 0) is 95.5 Å². The average Bonchev–Trinajstić information content (AvgIpc) is 3.86. The minimum absolute atomic E-state index is 0.0358. The van der Waals surface area contributed by atoms with Gasteiger partial charge in [0, 0.05) is 25.9 Å². The van der Waals surface area contributed by atoms with Crippen molar-refractivity contribution in [2.24, 2.45) is 33.7 Å². The molecule has 9 amide bonds. The van der Waals surface area contributed by atoms with Crippen LogP contribution in [0.4, 0.5) is 0 Å². The smallest absolute Gasteiger partial charge is 0.326 e. The maximum absolute atomic E-state index is 14.1. The van der Waals surface area contributed by atoms with E-state index < -0.39 is 126 Å². The van der Waals surface area contributed by atoms with Gasteiger partial charge in [-0.2, -0.15) is 0 Å². The molecule has 1 aliphatic heterocycles. The molecule has 0 radical (unpaired) electrons. The zero-order chi connectivity index (χ0) is 56.6. The van der Waals surface area contributed by atoms with Crippen molar-refractivity contribution in [2.75, 3.05) is 19.6 Å². The summed E-state index contributed by atoms with van der Waals surface area (Å²) in [6, 6.07) is 2.04. The molecule has 2 aromatic rings. The van der Waals surface area contributed by atoms with E-state index in [0.29, 0.717) is 36.9 Å². The van der Waals surface area contributed by atoms with Crippen molar-refractivity contribution in [3.63, 3.8) is 0 Å². The maximum atomic E-state index is 14.1. The summed E-state index contributed by atoms with van der Waals surface area (Å²) in [5.41, 5.74) is 28.5. The summed E-state index contributed by atoms with van der Waals surface area (Å²) in [5.74, 6) is -9.25. The van der Waals surface area contributed by atoms with Crippen LogP contribution >= 0.6 is 0 Å². The number of aromatic hydroxyl groups is 1. The first-order valence-electron chi connectivity index (χ1n) is 24.9. The van der Waals surface area contributed by atoms with Gasteiger partial charge in [-0.15, -0.1) is 0 Å². The van der Waals surface area contributed by atoms with E-state index in [2.05, 4.69) is 42.2 Å². The second-order valence-corrected chi connectivity index (χ2v) is 18.5. The van der Waals surface area contributed by atoms with Crippen LogP contribution < -0.4 is 65.9 Å². The molecule has 1 fully saturated rings. The van der Waals surface area contributed by atoms with Crippen molar-refractivity contribution < 1.29 is 63.3 Å². The summed E-state index contributed by atoms with van der Waals surface area (Å²) < 4.78 is 0. The van der Waals surface area contributed by atoms with Crippen LogP contribution in [0.3, 0.4) is 0 Å². The number of hydrogen-bond donors (Lipinski definition) is 15. The van der Waals surface area contributed by atoms with Crippen LogP contribution in [0.15, 0.2) is 59.6 Å². The highest BCUT2D eigenvalue weighted by atomic mass is 16.4. The second kappa shape index (κ2) is 31.1. The van der Waals surface area contributed by atoms with E-state index in [1.54, 1.807) is 30.3 Å². The lowest BCUT2D eigenvalue weighted by Gasteiger charge is -2.30. The quantitative estimate of drug-likeness (QED) is 0.0192. The molecule has 0 spiro atoms. The number of primary amides is 1. The normalized spacial score (nSPS) is 16.6. The lowest BCUT2D eigenvalue weighted by atomic mass is 10.0. The summed E-state index contributed by atoms with van der Waals surface area (Å²) in [5, 5.41) is 47.7. The molecule has 0 aliphatic carbocycles. The van der Waals surface area contributed by atoms with Crippen LogP contribution in [0.5, 0.6) is 5.75 Å². The average molecular weight is 1070 g/mol. The number of carboxylic acids is 1. The number of amides is 9. The van der Waals surface area contributed by atoms with E-state index in [0.717, 1.165) is 0 Å². The van der Waals surface area contributed by atoms with E-state index in [1.807, 2.05) is 0 Å². The number of likely N-dealkylation sites (tertiary alicyclic amines) is 1. The Morgan fingerprint density at radius 2 is 1.21 bits per heavy atom. The van der Waals surface area contributed by atoms with Gasteiger partial charge in [0.25, 0.3) is 0 Å². The van der Waals surface area contributed by atoms with Crippen LogP contribution in [-0.4, -0.2) is 165 Å². The van der Waals surface area contributed by atoms with E-state index >= 15 is 0 Å². The Bertz CT molecular complexity index is 2350. The van der Waals surface area contributed by atoms with Gasteiger partial charge < -0.3 is 86.1 Å². The molecule has 3 rings (SSSR count). The van der Waals surface area contributed by atoms with E-state index in [1.165, 1.54) is 49.9 Å². The second-order valence-electron chi connectivity index (χ2n) is 18.5. The Morgan fingerprint density at radius 3 is 1.79 bits per heavy atom. The molecule has 1 saturated heterocycles. The monoisotopic (exact) mass is 1070 g/mol. The summed E-state index contributed by atoms with van der Waals surface area (Å²) in [6.45, 7) is 4.32. The molecule has 0 unspecified atom stereocenters. The third kappa shape index (κ3) is 20.8. The first-order valence-corrected chi connectivity index (χ1v) is 24.9. The number of phenolic OH excluding ortho intramolecular Hbond substituents is 1. The van der Waals surface area contributed by atoms with Crippen LogP contribution in [-0.2, 0) is 60.8 Å². The van der Waals surface area contributed by atoms with Crippen LogP contribution in [0.25, 0.3) is 0 Å². The number of hydrogen-bond acceptors (Lipinski definition) is 15. The van der Waals surface area contributed by atoms with Crippen LogP contribution in [0, 0.1) is 0 Å². The Kier molecular flexibility index (Phi) is 25.5. The van der Waals surface area contributed by atoms with Crippen molar-refractivity contribution in [1.29, 1.82) is 0 Å².